The molecular weight excluding hydrogens is 330 g/mol. The summed E-state index contributed by atoms with van der Waals surface area (Å²) >= 11 is 5.97. The highest BCUT2D eigenvalue weighted by Gasteiger charge is 2.08. The Hall–Kier alpha value is -2.79. The third-order valence-electron chi connectivity index (χ3n) is 3.03. The minimum Gasteiger partial charge on any atom is -0.495 e. The Balaban J connectivity index is 1.85. The summed E-state index contributed by atoms with van der Waals surface area (Å²) in [7, 11) is 1.50. The van der Waals surface area contributed by atoms with Gasteiger partial charge in [-0.15, -0.1) is 0 Å². The zero-order valence-electron chi connectivity index (χ0n) is 13.0. The number of anilines is 1. The predicted octanol–water partition coefficient (Wildman–Crippen LogP) is 3.54. The van der Waals surface area contributed by atoms with Crippen molar-refractivity contribution in [2.45, 2.75) is 0 Å². The average molecular weight is 346 g/mol. The molecule has 0 fully saturated rings. The minimum atomic E-state index is -0.634. The van der Waals surface area contributed by atoms with Crippen molar-refractivity contribution in [1.29, 1.82) is 0 Å². The number of benzene rings is 2. The molecule has 6 heteroatoms. The van der Waals surface area contributed by atoms with Gasteiger partial charge < -0.3 is 14.8 Å². The topological polar surface area (TPSA) is 64.6 Å². The van der Waals surface area contributed by atoms with Crippen molar-refractivity contribution in [3.8, 4) is 5.75 Å². The summed E-state index contributed by atoms with van der Waals surface area (Å²) in [6, 6.07) is 14.0. The van der Waals surface area contributed by atoms with E-state index in [1.165, 1.54) is 19.3 Å². The Bertz CT molecular complexity index is 758. The third-order valence-corrected chi connectivity index (χ3v) is 3.37. The second-order valence-corrected chi connectivity index (χ2v) is 5.12. The first-order valence-electron chi connectivity index (χ1n) is 7.12. The highest BCUT2D eigenvalue weighted by atomic mass is 35.5. The van der Waals surface area contributed by atoms with Crippen LogP contribution in [0.25, 0.3) is 6.08 Å². The number of hydrogen-bond acceptors (Lipinski definition) is 4. The second-order valence-electron chi connectivity index (χ2n) is 4.71. The van der Waals surface area contributed by atoms with Gasteiger partial charge in [0.15, 0.2) is 6.61 Å². The summed E-state index contributed by atoms with van der Waals surface area (Å²) in [6.07, 6.45) is 2.75. The van der Waals surface area contributed by atoms with Crippen LogP contribution in [0.15, 0.2) is 54.6 Å². The fraction of sp³-hybridized carbons (Fsp3) is 0.111. The zero-order valence-corrected chi connectivity index (χ0v) is 13.7. The standard InChI is InChI=1S/C18H16ClNO4/c1-23-16-9-5-4-8-15(16)20-17(21)12-24-18(22)11-10-13-6-2-3-7-14(13)19/h2-11H,12H2,1H3,(H,20,21)/b11-10+. The number of ether oxygens (including phenoxy) is 2. The average Bonchev–Trinajstić information content (AvgIpc) is 2.59. The van der Waals surface area contributed by atoms with Gasteiger partial charge in [-0.05, 0) is 29.8 Å². The predicted molar refractivity (Wildman–Crippen MR) is 93.1 cm³/mol. The quantitative estimate of drug-likeness (QED) is 0.642. The molecule has 0 aromatic heterocycles. The molecule has 1 N–H and O–H groups in total. The highest BCUT2D eigenvalue weighted by Crippen LogP contribution is 2.22. The van der Waals surface area contributed by atoms with Crippen molar-refractivity contribution in [3.05, 3.63) is 65.2 Å². The molecule has 1 amide bonds. The molecule has 2 aromatic rings. The fourth-order valence-electron chi connectivity index (χ4n) is 1.89. The van der Waals surface area contributed by atoms with Gasteiger partial charge in [-0.3, -0.25) is 4.79 Å². The zero-order chi connectivity index (χ0) is 17.4. The van der Waals surface area contributed by atoms with Gasteiger partial charge in [0.05, 0.1) is 12.8 Å². The van der Waals surface area contributed by atoms with Crippen LogP contribution in [0.1, 0.15) is 5.56 Å². The molecule has 0 radical (unpaired) electrons. The number of carbonyl (C=O) groups excluding carboxylic acids is 2. The molecule has 0 aliphatic carbocycles. The first-order valence-corrected chi connectivity index (χ1v) is 7.50. The lowest BCUT2D eigenvalue weighted by atomic mass is 10.2. The van der Waals surface area contributed by atoms with Gasteiger partial charge in [0.1, 0.15) is 5.75 Å². The molecule has 124 valence electrons. The van der Waals surface area contributed by atoms with E-state index in [0.29, 0.717) is 22.0 Å². The van der Waals surface area contributed by atoms with Gasteiger partial charge >= 0.3 is 5.97 Å². The molecule has 0 heterocycles. The number of nitrogens with one attached hydrogen (secondary N) is 1. The van der Waals surface area contributed by atoms with Gasteiger partial charge in [0.25, 0.3) is 5.91 Å². The van der Waals surface area contributed by atoms with Crippen LogP contribution < -0.4 is 10.1 Å². The minimum absolute atomic E-state index is 0.399. The molecule has 0 aliphatic heterocycles. The molecule has 0 saturated heterocycles. The lowest BCUT2D eigenvalue weighted by molar-refractivity contribution is -0.142. The number of rotatable bonds is 6. The third kappa shape index (κ3) is 5.14. The van der Waals surface area contributed by atoms with Crippen molar-refractivity contribution in [2.75, 3.05) is 19.0 Å². The molecule has 2 aromatic carbocycles. The van der Waals surface area contributed by atoms with Gasteiger partial charge in [0, 0.05) is 11.1 Å². The largest absolute Gasteiger partial charge is 0.495 e. The Kier molecular flexibility index (Phi) is 6.40. The Morgan fingerprint density at radius 1 is 1.12 bits per heavy atom. The van der Waals surface area contributed by atoms with Crippen molar-refractivity contribution < 1.29 is 19.1 Å². The van der Waals surface area contributed by atoms with Crippen molar-refractivity contribution in [1.82, 2.24) is 0 Å². The Morgan fingerprint density at radius 2 is 1.83 bits per heavy atom. The number of hydrogen-bond donors (Lipinski definition) is 1. The molecule has 0 aliphatic rings. The maximum atomic E-state index is 11.8. The molecular formula is C18H16ClNO4. The van der Waals surface area contributed by atoms with E-state index in [2.05, 4.69) is 5.32 Å². The van der Waals surface area contributed by atoms with Gasteiger partial charge in [-0.2, -0.15) is 0 Å². The number of methoxy groups -OCH3 is 1. The number of halogens is 1. The van der Waals surface area contributed by atoms with Crippen LogP contribution in [0.4, 0.5) is 5.69 Å². The lowest BCUT2D eigenvalue weighted by Crippen LogP contribution is -2.20. The van der Waals surface area contributed by atoms with Crippen LogP contribution in [0.5, 0.6) is 5.75 Å². The van der Waals surface area contributed by atoms with Crippen LogP contribution in [-0.4, -0.2) is 25.6 Å². The molecule has 24 heavy (non-hydrogen) atoms. The van der Waals surface area contributed by atoms with Crippen molar-refractivity contribution >= 4 is 35.2 Å². The molecule has 2 rings (SSSR count). The Labute approximate surface area is 144 Å². The normalized spacial score (nSPS) is 10.4. The molecule has 0 saturated carbocycles. The summed E-state index contributed by atoms with van der Waals surface area (Å²) in [4.78, 5) is 23.5. The van der Waals surface area contributed by atoms with E-state index in [1.807, 2.05) is 0 Å². The molecule has 0 unspecified atom stereocenters. The van der Waals surface area contributed by atoms with Crippen LogP contribution in [0.3, 0.4) is 0 Å². The van der Waals surface area contributed by atoms with Crippen LogP contribution >= 0.6 is 11.6 Å². The number of esters is 1. The molecule has 0 spiro atoms. The number of carbonyl (C=O) groups is 2. The summed E-state index contributed by atoms with van der Waals surface area (Å²) in [5, 5.41) is 3.14. The smallest absolute Gasteiger partial charge is 0.331 e. The van der Waals surface area contributed by atoms with Crippen LogP contribution in [0.2, 0.25) is 5.02 Å². The summed E-state index contributed by atoms with van der Waals surface area (Å²) < 4.78 is 10.0. The van der Waals surface area contributed by atoms with Gasteiger partial charge in [-0.1, -0.05) is 41.9 Å². The monoisotopic (exact) mass is 345 g/mol. The lowest BCUT2D eigenvalue weighted by Gasteiger charge is -2.09. The van der Waals surface area contributed by atoms with Crippen LogP contribution in [-0.2, 0) is 14.3 Å². The number of para-hydroxylation sites is 2. The highest BCUT2D eigenvalue weighted by molar-refractivity contribution is 6.32. The van der Waals surface area contributed by atoms with E-state index in [1.54, 1.807) is 48.5 Å². The SMILES string of the molecule is COc1ccccc1NC(=O)COC(=O)/C=C/c1ccccc1Cl. The number of amides is 1. The van der Waals surface area contributed by atoms with Gasteiger partial charge in [-0.25, -0.2) is 4.79 Å². The van der Waals surface area contributed by atoms with E-state index in [0.717, 1.165) is 0 Å². The summed E-state index contributed by atoms with van der Waals surface area (Å²) in [5.41, 5.74) is 1.20. The van der Waals surface area contributed by atoms with Crippen molar-refractivity contribution in [3.63, 3.8) is 0 Å². The maximum Gasteiger partial charge on any atom is 0.331 e. The van der Waals surface area contributed by atoms with Crippen LogP contribution in [0, 0.1) is 0 Å². The first kappa shape index (κ1) is 17.6. The van der Waals surface area contributed by atoms with Gasteiger partial charge in [0.2, 0.25) is 0 Å². The van der Waals surface area contributed by atoms with E-state index in [9.17, 15) is 9.59 Å². The van der Waals surface area contributed by atoms with E-state index in [4.69, 9.17) is 21.1 Å². The molecule has 0 atom stereocenters. The van der Waals surface area contributed by atoms with Crippen molar-refractivity contribution in [2.24, 2.45) is 0 Å². The summed E-state index contributed by atoms with van der Waals surface area (Å²) in [6.45, 7) is -0.399. The van der Waals surface area contributed by atoms with E-state index < -0.39 is 18.5 Å². The molecule has 5 nitrogen and oxygen atoms in total. The molecule has 0 bridgehead atoms. The summed E-state index contributed by atoms with van der Waals surface area (Å²) in [5.74, 6) is -0.570. The van der Waals surface area contributed by atoms with E-state index in [-0.39, 0.29) is 0 Å². The second kappa shape index (κ2) is 8.74. The fourth-order valence-corrected chi connectivity index (χ4v) is 2.09. The van der Waals surface area contributed by atoms with E-state index >= 15 is 0 Å². The first-order chi connectivity index (χ1) is 11.6. The maximum absolute atomic E-state index is 11.8. The Morgan fingerprint density at radius 3 is 2.58 bits per heavy atom.